The van der Waals surface area contributed by atoms with Gasteiger partial charge in [0.1, 0.15) is 0 Å². The molecule has 1 aliphatic rings. The highest BCUT2D eigenvalue weighted by Gasteiger charge is 2.47. The maximum Gasteiger partial charge on any atom is 0.418 e. The van der Waals surface area contributed by atoms with Gasteiger partial charge in [0.2, 0.25) is 0 Å². The first kappa shape index (κ1) is 17.2. The number of hydrogen-bond donors (Lipinski definition) is 0. The minimum absolute atomic E-state index is 0.199. The number of imide groups is 1. The maximum atomic E-state index is 12.4. The summed E-state index contributed by atoms with van der Waals surface area (Å²) in [6.45, 7) is 4.70. The summed E-state index contributed by atoms with van der Waals surface area (Å²) in [6.07, 6.45) is -0.582. The molecule has 0 bridgehead atoms. The average Bonchev–Trinajstić information content (AvgIpc) is 2.78. The molecule has 2 amide bonds. The largest absolute Gasteiger partial charge is 0.433 e. The van der Waals surface area contributed by atoms with Crippen molar-refractivity contribution >= 4 is 12.0 Å². The van der Waals surface area contributed by atoms with Crippen LogP contribution in [0.2, 0.25) is 0 Å². The number of carbonyl (C=O) groups excluding carboxylic acids is 2. The normalized spacial score (nSPS) is 16.4. The minimum Gasteiger partial charge on any atom is -0.433 e. The van der Waals surface area contributed by atoms with Crippen LogP contribution >= 0.6 is 0 Å². The van der Waals surface area contributed by atoms with Crippen molar-refractivity contribution in [3.63, 3.8) is 0 Å². The van der Waals surface area contributed by atoms with E-state index in [0.717, 1.165) is 11.1 Å². The highest BCUT2D eigenvalue weighted by molar-refractivity contribution is 6.02. The lowest BCUT2D eigenvalue weighted by Crippen LogP contribution is -2.43. The standard InChI is InChI=1S/C20H22N2O3/c1-20(2)18(23)22(19(24)25-20)15-21(13-16-9-5-3-6-10-16)14-17-11-7-4-8-12-17/h3-12H,13-15H2,1-2H3. The summed E-state index contributed by atoms with van der Waals surface area (Å²) in [5.41, 5.74) is 1.15. The first-order valence-electron chi connectivity index (χ1n) is 8.31. The van der Waals surface area contributed by atoms with Crippen LogP contribution in [-0.2, 0) is 22.6 Å². The zero-order valence-corrected chi connectivity index (χ0v) is 14.5. The number of cyclic esters (lactones) is 1. The molecule has 2 aromatic rings. The van der Waals surface area contributed by atoms with Gasteiger partial charge in [0.25, 0.3) is 5.91 Å². The Morgan fingerprint density at radius 3 is 1.76 bits per heavy atom. The van der Waals surface area contributed by atoms with Gasteiger partial charge in [0.15, 0.2) is 5.60 Å². The Labute approximate surface area is 147 Å². The molecule has 5 nitrogen and oxygen atoms in total. The van der Waals surface area contributed by atoms with Crippen LogP contribution in [0.1, 0.15) is 25.0 Å². The Kier molecular flexibility index (Phi) is 4.86. The van der Waals surface area contributed by atoms with Crippen LogP contribution in [0.3, 0.4) is 0 Å². The first-order chi connectivity index (χ1) is 12.0. The lowest BCUT2D eigenvalue weighted by molar-refractivity contribution is -0.135. The Balaban J connectivity index is 1.78. The summed E-state index contributed by atoms with van der Waals surface area (Å²) in [7, 11) is 0. The number of carbonyl (C=O) groups is 2. The second kappa shape index (κ2) is 7.07. The molecule has 0 radical (unpaired) electrons. The molecule has 1 aliphatic heterocycles. The predicted octanol–water partition coefficient (Wildman–Crippen LogP) is 3.40. The van der Waals surface area contributed by atoms with E-state index >= 15 is 0 Å². The highest BCUT2D eigenvalue weighted by atomic mass is 16.6. The van der Waals surface area contributed by atoms with Gasteiger partial charge in [-0.1, -0.05) is 60.7 Å². The average molecular weight is 338 g/mol. The van der Waals surface area contributed by atoms with Gasteiger partial charge in [-0.2, -0.15) is 0 Å². The summed E-state index contributed by atoms with van der Waals surface area (Å²) in [4.78, 5) is 27.8. The first-order valence-corrected chi connectivity index (χ1v) is 8.31. The van der Waals surface area contributed by atoms with Gasteiger partial charge in [0, 0.05) is 13.1 Å². The van der Waals surface area contributed by atoms with E-state index in [2.05, 4.69) is 4.90 Å². The van der Waals surface area contributed by atoms with Crippen LogP contribution in [0, 0.1) is 0 Å². The van der Waals surface area contributed by atoms with Gasteiger partial charge in [-0.25, -0.2) is 9.69 Å². The smallest absolute Gasteiger partial charge is 0.418 e. The second-order valence-electron chi connectivity index (χ2n) is 6.71. The fraction of sp³-hybridized carbons (Fsp3) is 0.300. The highest BCUT2D eigenvalue weighted by Crippen LogP contribution is 2.24. The van der Waals surface area contributed by atoms with E-state index in [-0.39, 0.29) is 12.6 Å². The second-order valence-corrected chi connectivity index (χ2v) is 6.71. The summed E-state index contributed by atoms with van der Waals surface area (Å²) in [6, 6.07) is 20.0. The van der Waals surface area contributed by atoms with E-state index in [1.54, 1.807) is 13.8 Å². The molecule has 1 fully saturated rings. The summed E-state index contributed by atoms with van der Waals surface area (Å²) < 4.78 is 5.19. The molecule has 1 saturated heterocycles. The fourth-order valence-electron chi connectivity index (χ4n) is 2.89. The zero-order chi connectivity index (χ0) is 17.9. The molecule has 25 heavy (non-hydrogen) atoms. The fourth-order valence-corrected chi connectivity index (χ4v) is 2.89. The molecule has 3 rings (SSSR count). The van der Waals surface area contributed by atoms with Crippen LogP contribution in [0.4, 0.5) is 4.79 Å². The van der Waals surface area contributed by atoms with E-state index < -0.39 is 11.7 Å². The molecule has 0 N–H and O–H groups in total. The number of nitrogens with zero attached hydrogens (tertiary/aromatic N) is 2. The van der Waals surface area contributed by atoms with Gasteiger partial charge in [-0.15, -0.1) is 0 Å². The Hall–Kier alpha value is -2.66. The van der Waals surface area contributed by atoms with Gasteiger partial charge < -0.3 is 4.74 Å². The Morgan fingerprint density at radius 2 is 1.36 bits per heavy atom. The van der Waals surface area contributed by atoms with E-state index in [1.807, 2.05) is 60.7 Å². The number of rotatable bonds is 6. The molecule has 1 heterocycles. The summed E-state index contributed by atoms with van der Waals surface area (Å²) in [5, 5.41) is 0. The van der Waals surface area contributed by atoms with Gasteiger partial charge in [-0.05, 0) is 25.0 Å². The molecule has 0 spiro atoms. The molecule has 5 heteroatoms. The van der Waals surface area contributed by atoms with E-state index in [1.165, 1.54) is 4.90 Å². The van der Waals surface area contributed by atoms with Crippen molar-refractivity contribution in [1.29, 1.82) is 0 Å². The zero-order valence-electron chi connectivity index (χ0n) is 14.5. The molecule has 130 valence electrons. The van der Waals surface area contributed by atoms with Crippen molar-refractivity contribution < 1.29 is 14.3 Å². The van der Waals surface area contributed by atoms with E-state index in [4.69, 9.17) is 4.74 Å². The predicted molar refractivity (Wildman–Crippen MR) is 94.4 cm³/mol. The quantitative estimate of drug-likeness (QED) is 0.810. The van der Waals surface area contributed by atoms with Crippen molar-refractivity contribution in [2.75, 3.05) is 6.67 Å². The van der Waals surface area contributed by atoms with Crippen molar-refractivity contribution in [2.45, 2.75) is 32.5 Å². The van der Waals surface area contributed by atoms with Crippen molar-refractivity contribution in [3.8, 4) is 0 Å². The van der Waals surface area contributed by atoms with Gasteiger partial charge >= 0.3 is 6.09 Å². The monoisotopic (exact) mass is 338 g/mol. The van der Waals surface area contributed by atoms with Crippen LogP contribution in [-0.4, -0.2) is 34.1 Å². The number of ether oxygens (including phenoxy) is 1. The topological polar surface area (TPSA) is 49.9 Å². The SMILES string of the molecule is CC1(C)OC(=O)N(CN(Cc2ccccc2)Cc2ccccc2)C1=O. The number of hydrogen-bond acceptors (Lipinski definition) is 4. The van der Waals surface area contributed by atoms with Crippen molar-refractivity contribution in [3.05, 3.63) is 71.8 Å². The number of amides is 2. The Bertz CT molecular complexity index is 703. The maximum absolute atomic E-state index is 12.4. The van der Waals surface area contributed by atoms with Crippen LogP contribution in [0.5, 0.6) is 0 Å². The van der Waals surface area contributed by atoms with Crippen molar-refractivity contribution in [1.82, 2.24) is 9.80 Å². The lowest BCUT2D eigenvalue weighted by atomic mass is 10.1. The summed E-state index contributed by atoms with van der Waals surface area (Å²) >= 11 is 0. The third-order valence-corrected chi connectivity index (χ3v) is 4.16. The molecule has 2 aromatic carbocycles. The third kappa shape index (κ3) is 4.06. The van der Waals surface area contributed by atoms with E-state index in [0.29, 0.717) is 13.1 Å². The van der Waals surface area contributed by atoms with Crippen molar-refractivity contribution in [2.24, 2.45) is 0 Å². The summed E-state index contributed by atoms with van der Waals surface area (Å²) in [5.74, 6) is -0.302. The molecule has 0 unspecified atom stereocenters. The molecular weight excluding hydrogens is 316 g/mol. The van der Waals surface area contributed by atoms with Crippen LogP contribution < -0.4 is 0 Å². The van der Waals surface area contributed by atoms with Gasteiger partial charge in [-0.3, -0.25) is 9.69 Å². The molecule has 0 aliphatic carbocycles. The number of benzene rings is 2. The van der Waals surface area contributed by atoms with Gasteiger partial charge in [0.05, 0.1) is 6.67 Å². The minimum atomic E-state index is -1.09. The third-order valence-electron chi connectivity index (χ3n) is 4.16. The molecule has 0 aromatic heterocycles. The Morgan fingerprint density at radius 1 is 0.880 bits per heavy atom. The van der Waals surface area contributed by atoms with E-state index in [9.17, 15) is 9.59 Å². The molecule has 0 atom stereocenters. The van der Waals surface area contributed by atoms with Crippen LogP contribution in [0.15, 0.2) is 60.7 Å². The van der Waals surface area contributed by atoms with Crippen LogP contribution in [0.25, 0.3) is 0 Å². The molecular formula is C20H22N2O3. The lowest BCUT2D eigenvalue weighted by Gasteiger charge is -2.26. The molecule has 0 saturated carbocycles.